The van der Waals surface area contributed by atoms with E-state index in [0.717, 1.165) is 83.0 Å². The Labute approximate surface area is 245 Å². The second-order valence-electron chi connectivity index (χ2n) is 11.0. The molecule has 0 amide bonds. The number of aryl methyl sites for hydroxylation is 1. The summed E-state index contributed by atoms with van der Waals surface area (Å²) in [6.07, 6.45) is 13.2. The molecule has 6 heteroatoms. The Morgan fingerprint density at radius 1 is 0.756 bits per heavy atom. The van der Waals surface area contributed by atoms with Crippen LogP contribution in [0.25, 0.3) is 22.5 Å². The summed E-state index contributed by atoms with van der Waals surface area (Å²) in [5.74, 6) is 1.43. The number of rotatable bonds is 16. The van der Waals surface area contributed by atoms with E-state index in [-0.39, 0.29) is 11.9 Å². The molecule has 41 heavy (non-hydrogen) atoms. The summed E-state index contributed by atoms with van der Waals surface area (Å²) >= 11 is 0. The highest BCUT2D eigenvalue weighted by molar-refractivity contribution is 5.72. The van der Waals surface area contributed by atoms with Gasteiger partial charge in [0, 0.05) is 18.8 Å². The summed E-state index contributed by atoms with van der Waals surface area (Å²) in [6.45, 7) is 8.76. The standard InChI is InChI=1S/C35H44N2O4/c1-27-9-13-29(14-10-27)30-17-19-31(20-18-30)34-36-25-33(26-37-34)40-23-8-7-22-39-21-5-3-4-6-24-41-35(38)32-15-11-28(2)12-16-32/h9-10,13-14,17-20,25-26,32H,2-8,11-12,15-16,21-24H2,1H3. The quantitative estimate of drug-likeness (QED) is 0.101. The molecule has 1 saturated carbocycles. The van der Waals surface area contributed by atoms with Gasteiger partial charge in [-0.15, -0.1) is 0 Å². The minimum Gasteiger partial charge on any atom is -0.490 e. The first-order valence-corrected chi connectivity index (χ1v) is 15.1. The highest BCUT2D eigenvalue weighted by Gasteiger charge is 2.23. The van der Waals surface area contributed by atoms with Gasteiger partial charge in [-0.25, -0.2) is 9.97 Å². The number of aromatic nitrogens is 2. The average molecular weight is 557 g/mol. The fraction of sp³-hybridized carbons (Fsp3) is 0.457. The lowest BCUT2D eigenvalue weighted by atomic mass is 9.87. The topological polar surface area (TPSA) is 70.5 Å². The molecule has 218 valence electrons. The number of hydrogen-bond acceptors (Lipinski definition) is 6. The summed E-state index contributed by atoms with van der Waals surface area (Å²) in [5.41, 5.74) is 5.88. The third-order valence-corrected chi connectivity index (χ3v) is 7.56. The molecule has 0 unspecified atom stereocenters. The number of carbonyl (C=O) groups excluding carboxylic acids is 1. The van der Waals surface area contributed by atoms with E-state index in [1.807, 2.05) is 0 Å². The van der Waals surface area contributed by atoms with E-state index in [9.17, 15) is 4.79 Å². The Morgan fingerprint density at radius 2 is 1.29 bits per heavy atom. The average Bonchev–Trinajstić information content (AvgIpc) is 3.00. The first kappa shape index (κ1) is 30.4. The van der Waals surface area contributed by atoms with Crippen LogP contribution in [-0.2, 0) is 14.3 Å². The Balaban J connectivity index is 0.988. The van der Waals surface area contributed by atoms with Crippen LogP contribution in [0.15, 0.2) is 73.1 Å². The molecular weight excluding hydrogens is 512 g/mol. The number of esters is 1. The number of unbranched alkanes of at least 4 members (excludes halogenated alkanes) is 4. The maximum Gasteiger partial charge on any atom is 0.308 e. The SMILES string of the molecule is C=C1CCC(C(=O)OCCCCCCOCCCCOc2cnc(-c3ccc(-c4ccc(C)cc4)cc3)nc2)CC1. The molecule has 1 aromatic heterocycles. The molecule has 0 saturated heterocycles. The molecule has 0 bridgehead atoms. The molecule has 1 heterocycles. The van der Waals surface area contributed by atoms with Gasteiger partial charge in [0.1, 0.15) is 0 Å². The summed E-state index contributed by atoms with van der Waals surface area (Å²) in [4.78, 5) is 21.1. The van der Waals surface area contributed by atoms with Gasteiger partial charge in [-0.3, -0.25) is 4.79 Å². The van der Waals surface area contributed by atoms with Gasteiger partial charge < -0.3 is 14.2 Å². The second-order valence-corrected chi connectivity index (χ2v) is 11.0. The van der Waals surface area contributed by atoms with Gasteiger partial charge in [0.15, 0.2) is 11.6 Å². The zero-order valence-corrected chi connectivity index (χ0v) is 24.5. The van der Waals surface area contributed by atoms with Gasteiger partial charge in [-0.05, 0) is 75.8 Å². The first-order chi connectivity index (χ1) is 20.1. The van der Waals surface area contributed by atoms with Crippen molar-refractivity contribution in [3.8, 4) is 28.3 Å². The lowest BCUT2D eigenvalue weighted by Crippen LogP contribution is -2.21. The minimum absolute atomic E-state index is 0.0191. The lowest BCUT2D eigenvalue weighted by Gasteiger charge is -2.21. The molecular formula is C35H44N2O4. The van der Waals surface area contributed by atoms with Crippen LogP contribution in [0, 0.1) is 12.8 Å². The zero-order chi connectivity index (χ0) is 28.7. The van der Waals surface area contributed by atoms with Crippen LogP contribution in [0.2, 0.25) is 0 Å². The van der Waals surface area contributed by atoms with Crippen molar-refractivity contribution in [2.45, 2.75) is 71.1 Å². The Kier molecular flexibility index (Phi) is 12.4. The Hall–Kier alpha value is -3.51. The maximum atomic E-state index is 12.1. The molecule has 1 aliphatic rings. The van der Waals surface area contributed by atoms with Crippen LogP contribution in [0.5, 0.6) is 5.75 Å². The number of ether oxygens (including phenoxy) is 3. The van der Waals surface area contributed by atoms with Gasteiger partial charge in [-0.1, -0.05) is 72.7 Å². The number of allylic oxidation sites excluding steroid dienone is 1. The minimum atomic E-state index is -0.0191. The van der Waals surface area contributed by atoms with Gasteiger partial charge in [0.25, 0.3) is 0 Å². The number of nitrogens with zero attached hydrogens (tertiary/aromatic N) is 2. The van der Waals surface area contributed by atoms with Crippen LogP contribution in [0.3, 0.4) is 0 Å². The van der Waals surface area contributed by atoms with Gasteiger partial charge in [-0.2, -0.15) is 0 Å². The highest BCUT2D eigenvalue weighted by atomic mass is 16.5. The van der Waals surface area contributed by atoms with Crippen LogP contribution in [0.4, 0.5) is 0 Å². The van der Waals surface area contributed by atoms with Crippen molar-refractivity contribution >= 4 is 5.97 Å². The number of carbonyl (C=O) groups is 1. The van der Waals surface area contributed by atoms with Crippen molar-refractivity contribution in [3.63, 3.8) is 0 Å². The molecule has 0 N–H and O–H groups in total. The summed E-state index contributed by atoms with van der Waals surface area (Å²) in [5, 5.41) is 0. The molecule has 2 aromatic carbocycles. The number of benzene rings is 2. The van der Waals surface area contributed by atoms with Crippen LogP contribution < -0.4 is 4.74 Å². The molecule has 4 rings (SSSR count). The van der Waals surface area contributed by atoms with E-state index in [4.69, 9.17) is 14.2 Å². The fourth-order valence-electron chi connectivity index (χ4n) is 4.91. The summed E-state index contributed by atoms with van der Waals surface area (Å²) < 4.78 is 17.0. The van der Waals surface area contributed by atoms with E-state index in [1.54, 1.807) is 12.4 Å². The monoisotopic (exact) mass is 556 g/mol. The van der Waals surface area contributed by atoms with Gasteiger partial charge in [0.05, 0.1) is 31.5 Å². The van der Waals surface area contributed by atoms with Crippen LogP contribution in [0.1, 0.15) is 69.8 Å². The van der Waals surface area contributed by atoms with Crippen molar-refractivity contribution < 1.29 is 19.0 Å². The van der Waals surface area contributed by atoms with E-state index >= 15 is 0 Å². The molecule has 3 aromatic rings. The fourth-order valence-corrected chi connectivity index (χ4v) is 4.91. The van der Waals surface area contributed by atoms with Crippen molar-refractivity contribution in [1.29, 1.82) is 0 Å². The van der Waals surface area contributed by atoms with E-state index in [1.165, 1.54) is 22.3 Å². The molecule has 0 radical (unpaired) electrons. The summed E-state index contributed by atoms with van der Waals surface area (Å²) in [7, 11) is 0. The third kappa shape index (κ3) is 10.4. The van der Waals surface area contributed by atoms with Crippen molar-refractivity contribution in [2.75, 3.05) is 26.4 Å². The largest absolute Gasteiger partial charge is 0.490 e. The van der Waals surface area contributed by atoms with Crippen LogP contribution in [-0.4, -0.2) is 42.4 Å². The zero-order valence-electron chi connectivity index (χ0n) is 24.5. The van der Waals surface area contributed by atoms with Gasteiger partial charge in [0.2, 0.25) is 0 Å². The normalized spacial score (nSPS) is 13.7. The Bertz CT molecular complexity index is 1200. The molecule has 1 aliphatic carbocycles. The molecule has 6 nitrogen and oxygen atoms in total. The van der Waals surface area contributed by atoms with Crippen LogP contribution >= 0.6 is 0 Å². The highest BCUT2D eigenvalue weighted by Crippen LogP contribution is 2.28. The van der Waals surface area contributed by atoms with Gasteiger partial charge >= 0.3 is 5.97 Å². The third-order valence-electron chi connectivity index (χ3n) is 7.56. The maximum absolute atomic E-state index is 12.1. The van der Waals surface area contributed by atoms with E-state index < -0.39 is 0 Å². The van der Waals surface area contributed by atoms with E-state index in [0.29, 0.717) is 24.8 Å². The first-order valence-electron chi connectivity index (χ1n) is 15.1. The smallest absolute Gasteiger partial charge is 0.308 e. The number of hydrogen-bond donors (Lipinski definition) is 0. The summed E-state index contributed by atoms with van der Waals surface area (Å²) in [6, 6.07) is 16.8. The molecule has 0 spiro atoms. The predicted octanol–water partition coefficient (Wildman–Crippen LogP) is 8.14. The lowest BCUT2D eigenvalue weighted by molar-refractivity contribution is -0.149. The van der Waals surface area contributed by atoms with E-state index in [2.05, 4.69) is 72.0 Å². The Morgan fingerprint density at radius 3 is 1.95 bits per heavy atom. The predicted molar refractivity (Wildman–Crippen MR) is 164 cm³/mol. The molecule has 0 aliphatic heterocycles. The van der Waals surface area contributed by atoms with Crippen molar-refractivity contribution in [2.24, 2.45) is 5.92 Å². The van der Waals surface area contributed by atoms with Crippen molar-refractivity contribution in [3.05, 3.63) is 78.6 Å². The second kappa shape index (κ2) is 16.7. The molecule has 0 atom stereocenters. The van der Waals surface area contributed by atoms with Crippen molar-refractivity contribution in [1.82, 2.24) is 9.97 Å². The molecule has 1 fully saturated rings.